The number of amides is 1. The van der Waals surface area contributed by atoms with Crippen LogP contribution in [0, 0.1) is 5.92 Å². The molecule has 188 valence electrons. The molecule has 5 aliphatic rings. The van der Waals surface area contributed by atoms with Gasteiger partial charge in [-0.25, -0.2) is 0 Å². The van der Waals surface area contributed by atoms with Crippen molar-refractivity contribution in [2.24, 2.45) is 5.92 Å². The lowest BCUT2D eigenvalue weighted by Gasteiger charge is -2.64. The van der Waals surface area contributed by atoms with Gasteiger partial charge in [0, 0.05) is 31.3 Å². The number of benzene rings is 2. The van der Waals surface area contributed by atoms with E-state index >= 15 is 0 Å². The van der Waals surface area contributed by atoms with E-state index < -0.39 is 11.0 Å². The molecule has 6 heteroatoms. The number of phenols is 1. The summed E-state index contributed by atoms with van der Waals surface area (Å²) in [5.41, 5.74) is 1.62. The van der Waals surface area contributed by atoms with E-state index in [1.165, 1.54) is 18.4 Å². The summed E-state index contributed by atoms with van der Waals surface area (Å²) < 4.78 is 6.60. The highest BCUT2D eigenvalue weighted by molar-refractivity contribution is 5.92. The normalized spacial score (nSPS) is 34.3. The molecule has 5 atom stereocenters. The molecular formula is C30H34N2O4. The molecule has 3 aliphatic carbocycles. The van der Waals surface area contributed by atoms with Gasteiger partial charge in [-0.3, -0.25) is 9.69 Å². The van der Waals surface area contributed by atoms with Crippen molar-refractivity contribution in [1.29, 1.82) is 0 Å². The van der Waals surface area contributed by atoms with Crippen LogP contribution in [0.5, 0.6) is 11.5 Å². The maximum atomic E-state index is 13.3. The minimum Gasteiger partial charge on any atom is -0.504 e. The van der Waals surface area contributed by atoms with E-state index in [0.717, 1.165) is 43.0 Å². The van der Waals surface area contributed by atoms with Crippen LogP contribution in [0.1, 0.15) is 48.8 Å². The zero-order valence-electron chi connectivity index (χ0n) is 20.8. The fraction of sp³-hybridized carbons (Fsp3) is 0.500. The number of hydrogen-bond acceptors (Lipinski definition) is 5. The number of rotatable bonds is 5. The van der Waals surface area contributed by atoms with Crippen LogP contribution in [0.25, 0.3) is 6.08 Å². The predicted octanol–water partition coefficient (Wildman–Crippen LogP) is 3.50. The highest BCUT2D eigenvalue weighted by Crippen LogP contribution is 2.66. The van der Waals surface area contributed by atoms with Crippen molar-refractivity contribution >= 4 is 12.0 Å². The summed E-state index contributed by atoms with van der Waals surface area (Å²) in [6.07, 6.45) is 8.51. The van der Waals surface area contributed by atoms with E-state index in [-0.39, 0.29) is 29.8 Å². The van der Waals surface area contributed by atoms with Gasteiger partial charge in [0.25, 0.3) is 0 Å². The number of carbonyl (C=O) groups excluding carboxylic acids is 1. The lowest BCUT2D eigenvalue weighted by molar-refractivity contribution is -0.200. The van der Waals surface area contributed by atoms with E-state index in [1.54, 1.807) is 17.0 Å². The summed E-state index contributed by atoms with van der Waals surface area (Å²) in [5, 5.41) is 23.4. The van der Waals surface area contributed by atoms with Crippen molar-refractivity contribution in [2.75, 3.05) is 20.1 Å². The number of aromatic hydroxyl groups is 1. The molecule has 2 bridgehead atoms. The molecule has 2 saturated carbocycles. The van der Waals surface area contributed by atoms with Crippen LogP contribution in [0.15, 0.2) is 48.5 Å². The molecule has 2 heterocycles. The zero-order valence-corrected chi connectivity index (χ0v) is 20.8. The molecule has 2 N–H and O–H groups in total. The Bertz CT molecular complexity index is 1240. The van der Waals surface area contributed by atoms with Crippen LogP contribution in [0.4, 0.5) is 0 Å². The molecule has 0 radical (unpaired) electrons. The minimum atomic E-state index is -0.933. The highest BCUT2D eigenvalue weighted by Gasteiger charge is 2.73. The number of carbonyl (C=O) groups is 1. The van der Waals surface area contributed by atoms with Crippen LogP contribution >= 0.6 is 0 Å². The Kier molecular flexibility index (Phi) is 4.87. The molecule has 1 amide bonds. The molecule has 3 fully saturated rings. The molecule has 7 rings (SSSR count). The van der Waals surface area contributed by atoms with E-state index in [0.29, 0.717) is 18.6 Å². The van der Waals surface area contributed by atoms with Crippen molar-refractivity contribution < 1.29 is 19.7 Å². The number of nitrogens with zero attached hydrogens (tertiary/aromatic N) is 2. The smallest absolute Gasteiger partial charge is 0.246 e. The Morgan fingerprint density at radius 1 is 1.17 bits per heavy atom. The Labute approximate surface area is 212 Å². The Balaban J connectivity index is 1.26. The summed E-state index contributed by atoms with van der Waals surface area (Å²) in [6, 6.07) is 13.4. The fourth-order valence-electron chi connectivity index (χ4n) is 7.86. The van der Waals surface area contributed by atoms with Crippen molar-refractivity contribution in [3.05, 3.63) is 65.2 Å². The first-order valence-electron chi connectivity index (χ1n) is 13.4. The number of hydrogen-bond donors (Lipinski definition) is 2. The number of aliphatic hydroxyl groups is 1. The average molecular weight is 487 g/mol. The standard InChI is InChI=1S/C30H34N2O4/c1-31(25(34)12-9-19-5-3-2-4-6-19)22-13-14-30(35)24-17-21-10-11-23(33)27-26(21)29(30,28(22)36-27)15-16-32(24)18-20-7-8-20/h2-6,9-12,20,22,24,28,33,35H,7-8,13-18H2,1H3/t22-,24-,28+,29?,30-/m1/s1. The topological polar surface area (TPSA) is 73.2 Å². The van der Waals surface area contributed by atoms with Gasteiger partial charge < -0.3 is 19.8 Å². The predicted molar refractivity (Wildman–Crippen MR) is 137 cm³/mol. The summed E-state index contributed by atoms with van der Waals surface area (Å²) >= 11 is 0. The first-order valence-corrected chi connectivity index (χ1v) is 13.4. The maximum absolute atomic E-state index is 13.3. The molecule has 36 heavy (non-hydrogen) atoms. The highest BCUT2D eigenvalue weighted by atomic mass is 16.5. The summed E-state index contributed by atoms with van der Waals surface area (Å²) in [4.78, 5) is 17.6. The third-order valence-corrected chi connectivity index (χ3v) is 9.79. The minimum absolute atomic E-state index is 0.0425. The second-order valence-corrected chi connectivity index (χ2v) is 11.6. The first-order chi connectivity index (χ1) is 17.4. The van der Waals surface area contributed by atoms with Crippen LogP contribution in [0.3, 0.4) is 0 Å². The van der Waals surface area contributed by atoms with Crippen LogP contribution in [-0.4, -0.2) is 69.8 Å². The van der Waals surface area contributed by atoms with E-state index in [4.69, 9.17) is 4.74 Å². The van der Waals surface area contributed by atoms with Gasteiger partial charge in [0.1, 0.15) is 6.10 Å². The Morgan fingerprint density at radius 3 is 2.75 bits per heavy atom. The van der Waals surface area contributed by atoms with Gasteiger partial charge in [0.15, 0.2) is 11.5 Å². The van der Waals surface area contributed by atoms with Gasteiger partial charge in [0.05, 0.1) is 17.1 Å². The van der Waals surface area contributed by atoms with Crippen molar-refractivity contribution in [1.82, 2.24) is 9.80 Å². The van der Waals surface area contributed by atoms with Crippen molar-refractivity contribution in [3.8, 4) is 11.5 Å². The second-order valence-electron chi connectivity index (χ2n) is 11.6. The lowest BCUT2D eigenvalue weighted by atomic mass is 9.48. The summed E-state index contributed by atoms with van der Waals surface area (Å²) in [5.74, 6) is 1.34. The molecular weight excluding hydrogens is 452 g/mol. The third-order valence-electron chi connectivity index (χ3n) is 9.79. The van der Waals surface area contributed by atoms with Crippen molar-refractivity contribution in [2.45, 2.75) is 67.7 Å². The van der Waals surface area contributed by atoms with Crippen LogP contribution < -0.4 is 4.74 Å². The molecule has 2 aliphatic heterocycles. The van der Waals surface area contributed by atoms with Crippen LogP contribution in [0.2, 0.25) is 0 Å². The van der Waals surface area contributed by atoms with E-state index in [9.17, 15) is 15.0 Å². The van der Waals surface area contributed by atoms with Gasteiger partial charge in [0.2, 0.25) is 5.91 Å². The lowest BCUT2D eigenvalue weighted by Crippen LogP contribution is -2.78. The van der Waals surface area contributed by atoms with Gasteiger partial charge >= 0.3 is 0 Å². The first kappa shape index (κ1) is 22.4. The van der Waals surface area contributed by atoms with Gasteiger partial charge in [-0.15, -0.1) is 0 Å². The van der Waals surface area contributed by atoms with Gasteiger partial charge in [-0.2, -0.15) is 0 Å². The van der Waals surface area contributed by atoms with E-state index in [1.807, 2.05) is 49.5 Å². The number of phenolic OH excluding ortho intramolecular Hbond substituents is 1. The maximum Gasteiger partial charge on any atom is 0.246 e. The third kappa shape index (κ3) is 3.00. The Morgan fingerprint density at radius 2 is 1.97 bits per heavy atom. The number of piperidine rings is 1. The molecule has 2 aromatic carbocycles. The zero-order chi connectivity index (χ0) is 24.7. The Hall–Kier alpha value is -2.83. The molecule has 0 aromatic heterocycles. The number of likely N-dealkylation sites (N-methyl/N-ethyl adjacent to an activating group) is 1. The quantitative estimate of drug-likeness (QED) is 0.633. The van der Waals surface area contributed by atoms with Crippen molar-refractivity contribution in [3.63, 3.8) is 0 Å². The molecule has 1 spiro atoms. The molecule has 1 saturated heterocycles. The largest absolute Gasteiger partial charge is 0.504 e. The monoisotopic (exact) mass is 486 g/mol. The summed E-state index contributed by atoms with van der Waals surface area (Å²) in [6.45, 7) is 1.97. The molecule has 2 aromatic rings. The SMILES string of the molecule is CN(C(=O)C=Cc1ccccc1)[C@@H]1CC[C@@]2(O)[C@H]3Cc4ccc(O)c5c4C2(CCN3CC2CC2)[C@H]1O5. The molecule has 6 nitrogen and oxygen atoms in total. The van der Waals surface area contributed by atoms with Crippen LogP contribution in [-0.2, 0) is 16.6 Å². The van der Waals surface area contributed by atoms with Gasteiger partial charge in [-0.1, -0.05) is 36.4 Å². The summed E-state index contributed by atoms with van der Waals surface area (Å²) in [7, 11) is 1.85. The number of likely N-dealkylation sites (tertiary alicyclic amines) is 1. The van der Waals surface area contributed by atoms with E-state index in [2.05, 4.69) is 4.90 Å². The van der Waals surface area contributed by atoms with Gasteiger partial charge in [-0.05, 0) is 74.3 Å². The average Bonchev–Trinajstić information content (AvgIpc) is 3.63. The second kappa shape index (κ2) is 7.83. The fourth-order valence-corrected chi connectivity index (χ4v) is 7.86. The molecule has 1 unspecified atom stereocenters. The number of ether oxygens (including phenoxy) is 1.